The third kappa shape index (κ3) is 2.38. The van der Waals surface area contributed by atoms with Gasteiger partial charge in [0.25, 0.3) is 0 Å². The van der Waals surface area contributed by atoms with Crippen LogP contribution in [0.1, 0.15) is 5.69 Å². The van der Waals surface area contributed by atoms with E-state index in [-0.39, 0.29) is 0 Å². The molecule has 0 radical (unpaired) electrons. The summed E-state index contributed by atoms with van der Waals surface area (Å²) < 4.78 is 6.23. The maximum atomic E-state index is 6.23. The maximum absolute atomic E-state index is 6.23. The molecule has 0 atom stereocenters. The van der Waals surface area contributed by atoms with E-state index in [2.05, 4.69) is 30.3 Å². The summed E-state index contributed by atoms with van der Waals surface area (Å²) in [5.74, 6) is 0. The van der Waals surface area contributed by atoms with Gasteiger partial charge >= 0.3 is 0 Å². The summed E-state index contributed by atoms with van der Waals surface area (Å²) >= 11 is 6.23. The molecule has 0 saturated carbocycles. The second kappa shape index (κ2) is 6.03. The van der Waals surface area contributed by atoms with Gasteiger partial charge in [0.15, 0.2) is 5.58 Å². The van der Waals surface area contributed by atoms with Crippen LogP contribution in [0.15, 0.2) is 77.2 Å². The molecule has 0 fully saturated rings. The van der Waals surface area contributed by atoms with Crippen LogP contribution in [-0.2, 0) is 0 Å². The van der Waals surface area contributed by atoms with Crippen molar-refractivity contribution in [3.05, 3.63) is 83.5 Å². The average molecular weight is 395 g/mol. The number of aromatic nitrogens is 2. The highest BCUT2D eigenvalue weighted by Gasteiger charge is 2.20. The van der Waals surface area contributed by atoms with Gasteiger partial charge in [-0.15, -0.1) is 0 Å². The summed E-state index contributed by atoms with van der Waals surface area (Å²) in [6.45, 7) is 2.04. The number of rotatable bonds is 1. The molecule has 0 unspecified atom stereocenters. The standard InChI is InChI=1S/C25H15ClN2O/c1-14-21-22(15-7-3-2-4-8-15)17-9-5-6-10-19(17)28-24(21)25-23(27-14)18-13-16(26)11-12-20(18)29-25/h2-13H,1H3. The minimum Gasteiger partial charge on any atom is -0.452 e. The largest absolute Gasteiger partial charge is 0.452 e. The van der Waals surface area contributed by atoms with Gasteiger partial charge in [-0.25, -0.2) is 9.97 Å². The first-order valence-electron chi connectivity index (χ1n) is 9.47. The first-order valence-corrected chi connectivity index (χ1v) is 9.85. The van der Waals surface area contributed by atoms with Gasteiger partial charge in [0.2, 0.25) is 0 Å². The fraction of sp³-hybridized carbons (Fsp3) is 0.0400. The molecule has 3 nitrogen and oxygen atoms in total. The van der Waals surface area contributed by atoms with Gasteiger partial charge < -0.3 is 4.42 Å². The third-order valence-electron chi connectivity index (χ3n) is 5.44. The van der Waals surface area contributed by atoms with Crippen LogP contribution in [0, 0.1) is 6.92 Å². The highest BCUT2D eigenvalue weighted by molar-refractivity contribution is 6.32. The summed E-state index contributed by atoms with van der Waals surface area (Å²) in [6.07, 6.45) is 0. The molecule has 3 heterocycles. The predicted octanol–water partition coefficient (Wildman–Crippen LogP) is 7.31. The van der Waals surface area contributed by atoms with Gasteiger partial charge in [-0.05, 0) is 36.8 Å². The van der Waals surface area contributed by atoms with Gasteiger partial charge in [-0.2, -0.15) is 0 Å². The molecule has 0 spiro atoms. The normalized spacial score (nSPS) is 11.8. The quantitative estimate of drug-likeness (QED) is 0.274. The Morgan fingerprint density at radius 3 is 2.45 bits per heavy atom. The van der Waals surface area contributed by atoms with Crippen LogP contribution in [0.25, 0.3) is 55.0 Å². The summed E-state index contributed by atoms with van der Waals surface area (Å²) in [5.41, 5.74) is 7.23. The third-order valence-corrected chi connectivity index (χ3v) is 5.67. The number of halogens is 1. The van der Waals surface area contributed by atoms with Crippen LogP contribution in [-0.4, -0.2) is 9.97 Å². The van der Waals surface area contributed by atoms with Crippen molar-refractivity contribution in [1.82, 2.24) is 9.97 Å². The minimum atomic E-state index is 0.663. The van der Waals surface area contributed by atoms with E-state index in [0.717, 1.165) is 55.1 Å². The molecule has 3 aromatic heterocycles. The second-order valence-electron chi connectivity index (χ2n) is 7.21. The van der Waals surface area contributed by atoms with E-state index in [1.54, 1.807) is 0 Å². The summed E-state index contributed by atoms with van der Waals surface area (Å²) in [6, 6.07) is 24.2. The Balaban J connectivity index is 1.89. The van der Waals surface area contributed by atoms with E-state index in [9.17, 15) is 0 Å². The van der Waals surface area contributed by atoms with Crippen LogP contribution in [0.3, 0.4) is 0 Å². The Hall–Kier alpha value is -3.43. The summed E-state index contributed by atoms with van der Waals surface area (Å²) in [7, 11) is 0. The zero-order valence-corrected chi connectivity index (χ0v) is 16.4. The lowest BCUT2D eigenvalue weighted by Gasteiger charge is -2.13. The highest BCUT2D eigenvalue weighted by Crippen LogP contribution is 2.40. The molecule has 3 aromatic carbocycles. The van der Waals surface area contributed by atoms with Crippen molar-refractivity contribution in [2.24, 2.45) is 0 Å². The Morgan fingerprint density at radius 1 is 0.793 bits per heavy atom. The lowest BCUT2D eigenvalue weighted by Crippen LogP contribution is -1.94. The first-order chi connectivity index (χ1) is 14.2. The topological polar surface area (TPSA) is 38.9 Å². The zero-order chi connectivity index (χ0) is 19.5. The van der Waals surface area contributed by atoms with Crippen molar-refractivity contribution < 1.29 is 4.42 Å². The number of hydrogen-bond acceptors (Lipinski definition) is 3. The van der Waals surface area contributed by atoms with Crippen molar-refractivity contribution in [3.63, 3.8) is 0 Å². The van der Waals surface area contributed by atoms with E-state index in [1.165, 1.54) is 0 Å². The molecule has 0 N–H and O–H groups in total. The molecule has 6 rings (SSSR count). The van der Waals surface area contributed by atoms with E-state index in [0.29, 0.717) is 10.6 Å². The number of pyridine rings is 2. The number of benzene rings is 3. The highest BCUT2D eigenvalue weighted by atomic mass is 35.5. The lowest BCUT2D eigenvalue weighted by molar-refractivity contribution is 0.671. The Morgan fingerprint density at radius 2 is 1.59 bits per heavy atom. The predicted molar refractivity (Wildman–Crippen MR) is 120 cm³/mol. The molecular formula is C25H15ClN2O. The van der Waals surface area contributed by atoms with Gasteiger partial charge in [-0.3, -0.25) is 0 Å². The molecule has 0 aliphatic carbocycles. The maximum Gasteiger partial charge on any atom is 0.180 e. The number of nitrogens with zero attached hydrogens (tertiary/aromatic N) is 2. The van der Waals surface area contributed by atoms with Gasteiger partial charge in [-0.1, -0.05) is 60.1 Å². The van der Waals surface area contributed by atoms with Crippen LogP contribution < -0.4 is 0 Å². The van der Waals surface area contributed by atoms with E-state index < -0.39 is 0 Å². The molecule has 6 aromatic rings. The fourth-order valence-corrected chi connectivity index (χ4v) is 4.36. The molecular weight excluding hydrogens is 380 g/mol. The summed E-state index contributed by atoms with van der Waals surface area (Å²) in [4.78, 5) is 9.94. The molecule has 0 aliphatic heterocycles. The number of aryl methyl sites for hydroxylation is 1. The van der Waals surface area contributed by atoms with Crippen molar-refractivity contribution >= 4 is 55.5 Å². The molecule has 4 heteroatoms. The number of hydrogen-bond donors (Lipinski definition) is 0. The van der Waals surface area contributed by atoms with E-state index in [1.807, 2.05) is 49.4 Å². The molecule has 0 amide bonds. The molecule has 0 bridgehead atoms. The van der Waals surface area contributed by atoms with Crippen molar-refractivity contribution in [2.75, 3.05) is 0 Å². The number of para-hydroxylation sites is 1. The summed E-state index contributed by atoms with van der Waals surface area (Å²) in [5, 5.41) is 3.70. The van der Waals surface area contributed by atoms with Crippen molar-refractivity contribution in [1.29, 1.82) is 0 Å². The van der Waals surface area contributed by atoms with Gasteiger partial charge in [0, 0.05) is 32.4 Å². The van der Waals surface area contributed by atoms with Crippen LogP contribution in [0.2, 0.25) is 5.02 Å². The molecule has 138 valence electrons. The average Bonchev–Trinajstić information content (AvgIpc) is 3.11. The lowest BCUT2D eigenvalue weighted by atomic mass is 9.95. The van der Waals surface area contributed by atoms with Crippen LogP contribution in [0.4, 0.5) is 0 Å². The van der Waals surface area contributed by atoms with Crippen LogP contribution in [0.5, 0.6) is 0 Å². The molecule has 0 saturated heterocycles. The van der Waals surface area contributed by atoms with Crippen molar-refractivity contribution in [2.45, 2.75) is 6.92 Å². The first kappa shape index (κ1) is 16.5. The second-order valence-corrected chi connectivity index (χ2v) is 7.65. The Bertz CT molecular complexity index is 1570. The van der Waals surface area contributed by atoms with Gasteiger partial charge in [0.05, 0.1) is 5.52 Å². The van der Waals surface area contributed by atoms with E-state index >= 15 is 0 Å². The fourth-order valence-electron chi connectivity index (χ4n) is 4.19. The number of furan rings is 1. The SMILES string of the molecule is Cc1nc2c3cc(Cl)ccc3oc2c2nc3ccccc3c(-c3ccccc3)c12. The Kier molecular flexibility index (Phi) is 3.44. The molecule has 29 heavy (non-hydrogen) atoms. The number of fused-ring (bicyclic) bond motifs is 6. The van der Waals surface area contributed by atoms with Gasteiger partial charge in [0.1, 0.15) is 16.6 Å². The van der Waals surface area contributed by atoms with Crippen LogP contribution >= 0.6 is 11.6 Å². The molecule has 0 aliphatic rings. The Labute approximate surface area is 171 Å². The zero-order valence-electron chi connectivity index (χ0n) is 15.6. The van der Waals surface area contributed by atoms with Crippen molar-refractivity contribution in [3.8, 4) is 11.1 Å². The van der Waals surface area contributed by atoms with E-state index in [4.69, 9.17) is 26.0 Å². The minimum absolute atomic E-state index is 0.663. The monoisotopic (exact) mass is 394 g/mol. The smallest absolute Gasteiger partial charge is 0.180 e.